The molecular weight excluding hydrogens is 306 g/mol. The van der Waals surface area contributed by atoms with Gasteiger partial charge in [0.2, 0.25) is 0 Å². The van der Waals surface area contributed by atoms with Crippen molar-refractivity contribution in [3.63, 3.8) is 0 Å². The third kappa shape index (κ3) is 2.41. The van der Waals surface area contributed by atoms with E-state index in [0.29, 0.717) is 12.1 Å². The SMILES string of the molecule is CC(O)c1ccc(N2C3CCC2CC(O)C3)cc1Br. The second-order valence-corrected chi connectivity index (χ2v) is 6.65. The van der Waals surface area contributed by atoms with Crippen LogP contribution in [0.3, 0.4) is 0 Å². The van der Waals surface area contributed by atoms with Crippen molar-refractivity contribution in [3.8, 4) is 0 Å². The number of aliphatic hydroxyl groups is 2. The molecule has 2 aliphatic heterocycles. The van der Waals surface area contributed by atoms with E-state index < -0.39 is 6.10 Å². The number of hydrogen-bond acceptors (Lipinski definition) is 3. The van der Waals surface area contributed by atoms with Gasteiger partial charge in [-0.25, -0.2) is 0 Å². The van der Waals surface area contributed by atoms with E-state index in [1.165, 1.54) is 18.5 Å². The minimum atomic E-state index is -0.455. The van der Waals surface area contributed by atoms with Crippen LogP contribution in [0.2, 0.25) is 0 Å². The highest BCUT2D eigenvalue weighted by atomic mass is 79.9. The lowest BCUT2D eigenvalue weighted by Gasteiger charge is -2.39. The third-order valence-electron chi connectivity index (χ3n) is 4.44. The van der Waals surface area contributed by atoms with Crippen molar-refractivity contribution in [2.24, 2.45) is 0 Å². The zero-order valence-electron chi connectivity index (χ0n) is 11.1. The van der Waals surface area contributed by atoms with Gasteiger partial charge >= 0.3 is 0 Å². The van der Waals surface area contributed by atoms with Gasteiger partial charge < -0.3 is 15.1 Å². The molecule has 2 aliphatic rings. The number of anilines is 1. The van der Waals surface area contributed by atoms with Crippen molar-refractivity contribution in [2.45, 2.75) is 56.9 Å². The maximum atomic E-state index is 9.86. The summed E-state index contributed by atoms with van der Waals surface area (Å²) in [5, 5.41) is 19.5. The highest BCUT2D eigenvalue weighted by Crippen LogP contribution is 2.40. The van der Waals surface area contributed by atoms with Crippen molar-refractivity contribution in [1.29, 1.82) is 0 Å². The van der Waals surface area contributed by atoms with E-state index in [9.17, 15) is 10.2 Å². The van der Waals surface area contributed by atoms with Crippen LogP contribution in [0.4, 0.5) is 5.69 Å². The lowest BCUT2D eigenvalue weighted by Crippen LogP contribution is -2.44. The Bertz CT molecular complexity index is 463. The summed E-state index contributed by atoms with van der Waals surface area (Å²) in [6.07, 6.45) is 3.53. The van der Waals surface area contributed by atoms with Crippen LogP contribution >= 0.6 is 15.9 Å². The number of piperidine rings is 1. The Balaban J connectivity index is 1.89. The molecular formula is C15H20BrNO2. The molecule has 2 N–H and O–H groups in total. The van der Waals surface area contributed by atoms with Crippen LogP contribution in [-0.4, -0.2) is 28.4 Å². The Morgan fingerprint density at radius 3 is 2.42 bits per heavy atom. The van der Waals surface area contributed by atoms with Gasteiger partial charge in [-0.3, -0.25) is 0 Å². The molecule has 1 aromatic carbocycles. The number of rotatable bonds is 2. The Hall–Kier alpha value is -0.580. The van der Waals surface area contributed by atoms with Gasteiger partial charge in [-0.05, 0) is 50.3 Å². The number of aliphatic hydroxyl groups excluding tert-OH is 2. The summed E-state index contributed by atoms with van der Waals surface area (Å²) in [6, 6.07) is 7.13. The van der Waals surface area contributed by atoms with E-state index in [4.69, 9.17) is 0 Å². The van der Waals surface area contributed by atoms with E-state index in [-0.39, 0.29) is 6.10 Å². The molecule has 3 nitrogen and oxygen atoms in total. The topological polar surface area (TPSA) is 43.7 Å². The van der Waals surface area contributed by atoms with E-state index >= 15 is 0 Å². The summed E-state index contributed by atoms with van der Waals surface area (Å²) in [5.41, 5.74) is 2.13. The fourth-order valence-electron chi connectivity index (χ4n) is 3.59. The molecule has 2 fully saturated rings. The first-order valence-corrected chi connectivity index (χ1v) is 7.79. The van der Waals surface area contributed by atoms with Crippen molar-refractivity contribution >= 4 is 21.6 Å². The standard InChI is InChI=1S/C15H20BrNO2/c1-9(18)14-5-4-12(8-15(14)16)17-10-2-3-11(17)7-13(19)6-10/h4-5,8-11,13,18-19H,2-3,6-7H2,1H3. The Labute approximate surface area is 122 Å². The molecule has 0 amide bonds. The molecule has 104 valence electrons. The number of fused-ring (bicyclic) bond motifs is 2. The van der Waals surface area contributed by atoms with Crippen molar-refractivity contribution in [3.05, 3.63) is 28.2 Å². The zero-order valence-corrected chi connectivity index (χ0v) is 12.7. The van der Waals surface area contributed by atoms with Crippen LogP contribution in [0.5, 0.6) is 0 Å². The molecule has 19 heavy (non-hydrogen) atoms. The second-order valence-electron chi connectivity index (χ2n) is 5.80. The van der Waals surface area contributed by atoms with E-state index in [0.717, 1.165) is 22.9 Å². The van der Waals surface area contributed by atoms with Crippen molar-refractivity contribution in [1.82, 2.24) is 0 Å². The van der Waals surface area contributed by atoms with Gasteiger partial charge in [-0.15, -0.1) is 0 Å². The largest absolute Gasteiger partial charge is 0.393 e. The molecule has 0 spiro atoms. The van der Waals surface area contributed by atoms with E-state index in [1.54, 1.807) is 6.92 Å². The minimum Gasteiger partial charge on any atom is -0.393 e. The van der Waals surface area contributed by atoms with Crippen LogP contribution in [0.25, 0.3) is 0 Å². The summed E-state index contributed by atoms with van der Waals surface area (Å²) in [4.78, 5) is 2.46. The smallest absolute Gasteiger partial charge is 0.0772 e. The fraction of sp³-hybridized carbons (Fsp3) is 0.600. The van der Waals surface area contributed by atoms with Crippen LogP contribution in [0.15, 0.2) is 22.7 Å². The number of hydrogen-bond donors (Lipinski definition) is 2. The molecule has 0 aromatic heterocycles. The monoisotopic (exact) mass is 325 g/mol. The average molecular weight is 326 g/mol. The van der Waals surface area contributed by atoms with Gasteiger partial charge in [-0.1, -0.05) is 22.0 Å². The highest BCUT2D eigenvalue weighted by Gasteiger charge is 2.40. The number of halogens is 1. The summed E-state index contributed by atoms with van der Waals surface area (Å²) >= 11 is 3.55. The molecule has 0 saturated carbocycles. The summed E-state index contributed by atoms with van der Waals surface area (Å²) < 4.78 is 0.963. The fourth-order valence-corrected chi connectivity index (χ4v) is 4.28. The molecule has 2 saturated heterocycles. The second kappa shape index (κ2) is 5.08. The van der Waals surface area contributed by atoms with Gasteiger partial charge in [0, 0.05) is 22.2 Å². The van der Waals surface area contributed by atoms with Crippen LogP contribution in [-0.2, 0) is 0 Å². The van der Waals surface area contributed by atoms with Crippen LogP contribution < -0.4 is 4.90 Å². The highest BCUT2D eigenvalue weighted by molar-refractivity contribution is 9.10. The lowest BCUT2D eigenvalue weighted by atomic mass is 9.98. The number of benzene rings is 1. The third-order valence-corrected chi connectivity index (χ3v) is 5.13. The molecule has 0 aliphatic carbocycles. The molecule has 3 rings (SSSR count). The lowest BCUT2D eigenvalue weighted by molar-refractivity contribution is 0.126. The van der Waals surface area contributed by atoms with Gasteiger partial charge in [-0.2, -0.15) is 0 Å². The van der Waals surface area contributed by atoms with E-state index in [2.05, 4.69) is 33.0 Å². The summed E-state index contributed by atoms with van der Waals surface area (Å²) in [7, 11) is 0. The molecule has 3 atom stereocenters. The first-order chi connectivity index (χ1) is 9.06. The Morgan fingerprint density at radius 1 is 1.26 bits per heavy atom. The maximum Gasteiger partial charge on any atom is 0.0772 e. The molecule has 1 aromatic rings. The van der Waals surface area contributed by atoms with Crippen LogP contribution in [0, 0.1) is 0 Å². The average Bonchev–Trinajstić information content (AvgIpc) is 2.61. The molecule has 4 heteroatoms. The van der Waals surface area contributed by atoms with Gasteiger partial charge in [0.05, 0.1) is 12.2 Å². The van der Waals surface area contributed by atoms with Crippen molar-refractivity contribution < 1.29 is 10.2 Å². The van der Waals surface area contributed by atoms with Gasteiger partial charge in [0.25, 0.3) is 0 Å². The van der Waals surface area contributed by atoms with E-state index in [1.807, 2.05) is 6.07 Å². The minimum absolute atomic E-state index is 0.131. The predicted octanol–water partition coefficient (Wildman–Crippen LogP) is 2.99. The molecule has 0 radical (unpaired) electrons. The molecule has 2 heterocycles. The number of nitrogens with zero attached hydrogens (tertiary/aromatic N) is 1. The first-order valence-electron chi connectivity index (χ1n) is 7.00. The predicted molar refractivity (Wildman–Crippen MR) is 79.3 cm³/mol. The van der Waals surface area contributed by atoms with Crippen molar-refractivity contribution in [2.75, 3.05) is 4.90 Å². The normalized spacial score (nSPS) is 31.6. The zero-order chi connectivity index (χ0) is 13.6. The summed E-state index contributed by atoms with van der Waals surface area (Å²) in [6.45, 7) is 1.78. The summed E-state index contributed by atoms with van der Waals surface area (Å²) in [5.74, 6) is 0. The maximum absolute atomic E-state index is 9.86. The van der Waals surface area contributed by atoms with Crippen LogP contribution in [0.1, 0.15) is 44.3 Å². The quantitative estimate of drug-likeness (QED) is 0.878. The molecule has 3 unspecified atom stereocenters. The Morgan fingerprint density at radius 2 is 1.89 bits per heavy atom. The van der Waals surface area contributed by atoms with Gasteiger partial charge in [0.1, 0.15) is 0 Å². The van der Waals surface area contributed by atoms with Gasteiger partial charge in [0.15, 0.2) is 0 Å². The molecule has 2 bridgehead atoms. The Kier molecular flexibility index (Phi) is 3.58. The first kappa shape index (κ1) is 13.4.